The Bertz CT molecular complexity index is 1260. The van der Waals surface area contributed by atoms with E-state index in [1.165, 1.54) is 0 Å². The van der Waals surface area contributed by atoms with Gasteiger partial charge >= 0.3 is 12.0 Å². The molecule has 2 rings (SSSR count). The molecule has 0 saturated heterocycles. The number of nitrogens with zero attached hydrogens (tertiary/aromatic N) is 1. The van der Waals surface area contributed by atoms with Crippen molar-refractivity contribution in [3.05, 3.63) is 42.0 Å². The number of benzene rings is 1. The van der Waals surface area contributed by atoms with Crippen LogP contribution in [-0.2, 0) is 40.1 Å². The molecule has 1 aromatic carbocycles. The van der Waals surface area contributed by atoms with E-state index in [0.717, 1.165) is 17.1 Å². The highest BCUT2D eigenvalue weighted by Gasteiger charge is 2.31. The summed E-state index contributed by atoms with van der Waals surface area (Å²) in [4.78, 5) is 86.7. The Kier molecular flexibility index (Phi) is 13.0. The highest BCUT2D eigenvalue weighted by molar-refractivity contribution is 6.14. The number of esters is 1. The number of carbonyl (C=O) groups is 7. The van der Waals surface area contributed by atoms with E-state index in [4.69, 9.17) is 10.5 Å². The lowest BCUT2D eigenvalue weighted by molar-refractivity contribution is -0.155. The molecule has 240 valence electrons. The predicted octanol–water partition coefficient (Wildman–Crippen LogP) is 1.10. The molecule has 1 aliphatic rings. The molecule has 0 unspecified atom stereocenters. The van der Waals surface area contributed by atoms with Gasteiger partial charge in [0.25, 0.3) is 11.8 Å². The van der Waals surface area contributed by atoms with Gasteiger partial charge in [0.1, 0.15) is 25.2 Å². The van der Waals surface area contributed by atoms with E-state index < -0.39 is 65.5 Å². The maximum absolute atomic E-state index is 13.3. The van der Waals surface area contributed by atoms with E-state index in [0.29, 0.717) is 24.1 Å². The van der Waals surface area contributed by atoms with Crippen molar-refractivity contribution in [3.8, 4) is 0 Å². The summed E-state index contributed by atoms with van der Waals surface area (Å²) in [6.45, 7) is 8.56. The normalized spacial score (nSPS) is 14.2. The fraction of sp³-hybridized carbons (Fsp3) is 0.500. The summed E-state index contributed by atoms with van der Waals surface area (Å²) in [7, 11) is 0. The van der Waals surface area contributed by atoms with Crippen LogP contribution in [0, 0.1) is 11.3 Å². The first-order chi connectivity index (χ1) is 20.6. The first-order valence-corrected chi connectivity index (χ1v) is 14.4. The minimum atomic E-state index is -1.08. The summed E-state index contributed by atoms with van der Waals surface area (Å²) in [5.74, 6) is -3.91. The zero-order valence-electron chi connectivity index (χ0n) is 25.7. The van der Waals surface area contributed by atoms with Gasteiger partial charge in [-0.25, -0.2) is 4.79 Å². The maximum atomic E-state index is 13.3. The van der Waals surface area contributed by atoms with Crippen LogP contribution in [0.4, 0.5) is 10.5 Å². The molecule has 0 bridgehead atoms. The van der Waals surface area contributed by atoms with Gasteiger partial charge in [-0.3, -0.25) is 33.7 Å². The zero-order chi connectivity index (χ0) is 33.0. The number of amides is 7. The molecule has 0 saturated carbocycles. The SMILES string of the molecule is CCC(C)(C)C(=O)OCc1ccc(NC(=O)[C@H](CCCNC(N)=O)NC(=O)[C@@H](NC(=O)CN2C(=O)C=CC2=O)C(C)C)cc1. The Morgan fingerprint density at radius 2 is 1.57 bits per heavy atom. The van der Waals surface area contributed by atoms with Crippen LogP contribution in [0.3, 0.4) is 0 Å². The van der Waals surface area contributed by atoms with Gasteiger partial charge in [-0.2, -0.15) is 0 Å². The average Bonchev–Trinajstić information content (AvgIpc) is 3.28. The van der Waals surface area contributed by atoms with Crippen molar-refractivity contribution in [1.29, 1.82) is 0 Å². The smallest absolute Gasteiger partial charge is 0.312 e. The summed E-state index contributed by atoms with van der Waals surface area (Å²) >= 11 is 0. The van der Waals surface area contributed by atoms with Gasteiger partial charge in [0.05, 0.1) is 5.41 Å². The molecule has 0 fully saturated rings. The van der Waals surface area contributed by atoms with Crippen molar-refractivity contribution < 1.29 is 38.3 Å². The summed E-state index contributed by atoms with van der Waals surface area (Å²) < 4.78 is 5.39. The molecule has 1 aromatic rings. The second-order valence-corrected chi connectivity index (χ2v) is 11.4. The highest BCUT2D eigenvalue weighted by atomic mass is 16.5. The summed E-state index contributed by atoms with van der Waals surface area (Å²) in [6.07, 6.45) is 3.16. The van der Waals surface area contributed by atoms with Gasteiger partial charge in [-0.15, -0.1) is 0 Å². The number of nitrogens with two attached hydrogens (primary N) is 1. The lowest BCUT2D eigenvalue weighted by Crippen LogP contribution is -2.56. The molecule has 14 heteroatoms. The van der Waals surface area contributed by atoms with Gasteiger partial charge < -0.3 is 31.7 Å². The van der Waals surface area contributed by atoms with E-state index in [9.17, 15) is 33.6 Å². The van der Waals surface area contributed by atoms with Crippen molar-refractivity contribution in [2.45, 2.75) is 72.6 Å². The van der Waals surface area contributed by atoms with E-state index in [-0.39, 0.29) is 25.5 Å². The standard InChI is InChI=1S/C30H42N6O8/c1-6-30(4,5)28(42)44-17-19-9-11-20(12-10-19)33-26(40)21(8-7-15-32-29(31)43)34-27(41)25(18(2)3)35-22(37)16-36-23(38)13-14-24(36)39/h9-14,18,21,25H,6-8,15-17H2,1-5H3,(H,33,40)(H,34,41)(H,35,37)(H3,31,32,43)/t21-,25-/m0/s1. The van der Waals surface area contributed by atoms with Crippen LogP contribution >= 0.6 is 0 Å². The predicted molar refractivity (Wildman–Crippen MR) is 160 cm³/mol. The van der Waals surface area contributed by atoms with Crippen molar-refractivity contribution in [2.24, 2.45) is 17.1 Å². The monoisotopic (exact) mass is 614 g/mol. The van der Waals surface area contributed by atoms with Crippen LogP contribution in [0.15, 0.2) is 36.4 Å². The average molecular weight is 615 g/mol. The second-order valence-electron chi connectivity index (χ2n) is 11.4. The number of anilines is 1. The molecule has 0 aliphatic carbocycles. The van der Waals surface area contributed by atoms with E-state index in [2.05, 4.69) is 21.3 Å². The Morgan fingerprint density at radius 1 is 0.955 bits per heavy atom. The molecule has 0 spiro atoms. The van der Waals surface area contributed by atoms with Crippen molar-refractivity contribution in [1.82, 2.24) is 20.9 Å². The first kappa shape index (κ1) is 35.4. The fourth-order valence-electron chi connectivity index (χ4n) is 3.93. The first-order valence-electron chi connectivity index (χ1n) is 14.4. The van der Waals surface area contributed by atoms with Crippen LogP contribution in [0.1, 0.15) is 59.4 Å². The van der Waals surface area contributed by atoms with Gasteiger partial charge in [0.15, 0.2) is 0 Å². The number of ether oxygens (including phenoxy) is 1. The number of urea groups is 1. The van der Waals surface area contributed by atoms with Crippen LogP contribution in [-0.4, -0.2) is 71.6 Å². The number of imide groups is 1. The highest BCUT2D eigenvalue weighted by Crippen LogP contribution is 2.22. The topological polar surface area (TPSA) is 206 Å². The minimum Gasteiger partial charge on any atom is -0.460 e. The number of nitrogens with one attached hydrogen (secondary N) is 4. The number of carbonyl (C=O) groups excluding carboxylic acids is 7. The van der Waals surface area contributed by atoms with Crippen LogP contribution in [0.25, 0.3) is 0 Å². The molecule has 6 N–H and O–H groups in total. The minimum absolute atomic E-state index is 0.0704. The third-order valence-electron chi connectivity index (χ3n) is 7.10. The van der Waals surface area contributed by atoms with Crippen LogP contribution in [0.2, 0.25) is 0 Å². The van der Waals surface area contributed by atoms with Crippen LogP contribution in [0.5, 0.6) is 0 Å². The molecule has 14 nitrogen and oxygen atoms in total. The van der Waals surface area contributed by atoms with Gasteiger partial charge in [0.2, 0.25) is 17.7 Å². The Hall–Kier alpha value is -4.75. The van der Waals surface area contributed by atoms with E-state index >= 15 is 0 Å². The van der Waals surface area contributed by atoms with E-state index in [1.807, 2.05) is 6.92 Å². The van der Waals surface area contributed by atoms with Crippen LogP contribution < -0.4 is 27.0 Å². The fourth-order valence-corrected chi connectivity index (χ4v) is 3.93. The lowest BCUT2D eigenvalue weighted by atomic mass is 9.91. The molecular weight excluding hydrogens is 572 g/mol. The molecule has 2 atom stereocenters. The number of primary amides is 1. The van der Waals surface area contributed by atoms with Crippen molar-refractivity contribution in [3.63, 3.8) is 0 Å². The third kappa shape index (κ3) is 10.8. The van der Waals surface area contributed by atoms with Gasteiger partial charge in [0, 0.05) is 24.4 Å². The second kappa shape index (κ2) is 16.2. The lowest BCUT2D eigenvalue weighted by Gasteiger charge is -2.26. The molecule has 44 heavy (non-hydrogen) atoms. The Labute approximate surface area is 256 Å². The summed E-state index contributed by atoms with van der Waals surface area (Å²) in [5, 5.41) is 10.4. The maximum Gasteiger partial charge on any atom is 0.312 e. The molecule has 1 aliphatic heterocycles. The Morgan fingerprint density at radius 3 is 2.11 bits per heavy atom. The van der Waals surface area contributed by atoms with Crippen molar-refractivity contribution in [2.75, 3.05) is 18.4 Å². The zero-order valence-corrected chi connectivity index (χ0v) is 25.7. The van der Waals surface area contributed by atoms with Crippen molar-refractivity contribution >= 4 is 47.2 Å². The quantitative estimate of drug-likeness (QED) is 0.103. The number of hydrogen-bond donors (Lipinski definition) is 5. The molecule has 7 amide bonds. The molecular formula is C30H42N6O8. The summed E-state index contributed by atoms with van der Waals surface area (Å²) in [5.41, 5.74) is 5.66. The summed E-state index contributed by atoms with van der Waals surface area (Å²) in [6, 6.07) is 3.79. The van der Waals surface area contributed by atoms with E-state index in [1.54, 1.807) is 52.0 Å². The third-order valence-corrected chi connectivity index (χ3v) is 7.10. The Balaban J connectivity index is 2.07. The molecule has 1 heterocycles. The largest absolute Gasteiger partial charge is 0.460 e. The number of rotatable bonds is 16. The molecule has 0 radical (unpaired) electrons. The number of hydrogen-bond acceptors (Lipinski definition) is 8. The van der Waals surface area contributed by atoms with Gasteiger partial charge in [-0.1, -0.05) is 32.9 Å². The molecule has 0 aromatic heterocycles. The van der Waals surface area contributed by atoms with Gasteiger partial charge in [-0.05, 0) is 56.7 Å².